The van der Waals surface area contributed by atoms with Crippen molar-refractivity contribution in [1.29, 1.82) is 0 Å². The summed E-state index contributed by atoms with van der Waals surface area (Å²) in [6, 6.07) is 13.9. The summed E-state index contributed by atoms with van der Waals surface area (Å²) < 4.78 is 12.9. The summed E-state index contributed by atoms with van der Waals surface area (Å²) >= 11 is 5.51. The summed E-state index contributed by atoms with van der Waals surface area (Å²) in [5, 5.41) is 6.77. The fourth-order valence-electron chi connectivity index (χ4n) is 2.97. The Balaban J connectivity index is 1.43. The van der Waals surface area contributed by atoms with Gasteiger partial charge < -0.3 is 15.5 Å². The molecule has 5 nitrogen and oxygen atoms in total. The molecule has 1 fully saturated rings. The first-order valence-electron chi connectivity index (χ1n) is 8.90. The van der Waals surface area contributed by atoms with Gasteiger partial charge >= 0.3 is 0 Å². The Kier molecular flexibility index (Phi) is 6.36. The maximum atomic E-state index is 12.9. The molecule has 0 aromatic heterocycles. The fourth-order valence-corrected chi connectivity index (χ4v) is 3.27. The van der Waals surface area contributed by atoms with Crippen molar-refractivity contribution in [2.45, 2.75) is 6.92 Å². The van der Waals surface area contributed by atoms with Crippen molar-refractivity contribution in [3.63, 3.8) is 0 Å². The molecule has 2 N–H and O–H groups in total. The number of anilines is 2. The van der Waals surface area contributed by atoms with Crippen molar-refractivity contribution in [2.24, 2.45) is 0 Å². The van der Waals surface area contributed by atoms with Crippen LogP contribution in [0.25, 0.3) is 0 Å². The summed E-state index contributed by atoms with van der Waals surface area (Å²) in [5.41, 5.74) is 2.77. The Hall–Kier alpha value is -2.51. The highest BCUT2D eigenvalue weighted by atomic mass is 32.1. The van der Waals surface area contributed by atoms with Crippen molar-refractivity contribution >= 4 is 34.6 Å². The molecule has 0 unspecified atom stereocenters. The van der Waals surface area contributed by atoms with Crippen molar-refractivity contribution in [3.05, 3.63) is 59.9 Å². The van der Waals surface area contributed by atoms with Gasteiger partial charge in [0.05, 0.1) is 6.54 Å². The molecule has 2 aromatic carbocycles. The summed E-state index contributed by atoms with van der Waals surface area (Å²) in [4.78, 5) is 16.4. The third-order valence-electron chi connectivity index (χ3n) is 4.42. The zero-order valence-electron chi connectivity index (χ0n) is 15.2. The number of benzene rings is 2. The highest BCUT2D eigenvalue weighted by Crippen LogP contribution is 2.12. The number of halogens is 1. The van der Waals surface area contributed by atoms with Gasteiger partial charge in [0, 0.05) is 37.6 Å². The fraction of sp³-hybridized carbons (Fsp3) is 0.300. The van der Waals surface area contributed by atoms with Gasteiger partial charge in [-0.25, -0.2) is 4.39 Å². The first-order chi connectivity index (χ1) is 13.0. The maximum Gasteiger partial charge on any atom is 0.238 e. The van der Waals surface area contributed by atoms with Gasteiger partial charge in [0.2, 0.25) is 5.91 Å². The van der Waals surface area contributed by atoms with Crippen molar-refractivity contribution < 1.29 is 9.18 Å². The van der Waals surface area contributed by atoms with Gasteiger partial charge in [-0.1, -0.05) is 12.1 Å². The van der Waals surface area contributed by atoms with Gasteiger partial charge in [-0.05, 0) is 61.1 Å². The zero-order valence-corrected chi connectivity index (χ0v) is 16.1. The number of hydrogen-bond acceptors (Lipinski definition) is 3. The topological polar surface area (TPSA) is 47.6 Å². The van der Waals surface area contributed by atoms with E-state index in [2.05, 4.69) is 26.5 Å². The first-order valence-corrected chi connectivity index (χ1v) is 9.31. The van der Waals surface area contributed by atoms with E-state index in [-0.39, 0.29) is 11.7 Å². The Labute approximate surface area is 164 Å². The maximum absolute atomic E-state index is 12.9. The Bertz CT molecular complexity index is 804. The van der Waals surface area contributed by atoms with E-state index in [9.17, 15) is 9.18 Å². The standard InChI is InChI=1S/C20H23FN4OS/c1-15-3-2-4-18(13-15)23-20(27)25-11-9-24(10-12-25)14-19(26)22-17-7-5-16(21)6-8-17/h2-8,13H,9-12,14H2,1H3,(H,22,26)(H,23,27). The van der Waals surface area contributed by atoms with Crippen LogP contribution in [-0.2, 0) is 4.79 Å². The number of thiocarbonyl (C=S) groups is 1. The lowest BCUT2D eigenvalue weighted by Gasteiger charge is -2.35. The number of nitrogens with one attached hydrogen (secondary N) is 2. The molecular weight excluding hydrogens is 363 g/mol. The zero-order chi connectivity index (χ0) is 19.2. The van der Waals surface area contributed by atoms with Crippen LogP contribution in [0.4, 0.5) is 15.8 Å². The SMILES string of the molecule is Cc1cccc(NC(=S)N2CCN(CC(=O)Nc3ccc(F)cc3)CC2)c1. The number of piperazine rings is 1. The van der Waals surface area contributed by atoms with E-state index in [4.69, 9.17) is 12.2 Å². The largest absolute Gasteiger partial charge is 0.346 e. The van der Waals surface area contributed by atoms with Crippen molar-refractivity contribution in [2.75, 3.05) is 43.4 Å². The normalized spacial score (nSPS) is 14.7. The van der Waals surface area contributed by atoms with Gasteiger partial charge in [0.25, 0.3) is 0 Å². The predicted molar refractivity (Wildman–Crippen MR) is 110 cm³/mol. The number of aryl methyl sites for hydroxylation is 1. The lowest BCUT2D eigenvalue weighted by atomic mass is 10.2. The molecular formula is C20H23FN4OS. The van der Waals surface area contributed by atoms with Gasteiger partial charge in [0.15, 0.2) is 5.11 Å². The number of nitrogens with zero attached hydrogens (tertiary/aromatic N) is 2. The lowest BCUT2D eigenvalue weighted by Crippen LogP contribution is -2.51. The third-order valence-corrected chi connectivity index (χ3v) is 4.78. The number of hydrogen-bond donors (Lipinski definition) is 2. The Morgan fingerprint density at radius 1 is 1.04 bits per heavy atom. The van der Waals surface area contributed by atoms with E-state index in [1.807, 2.05) is 25.1 Å². The van der Waals surface area contributed by atoms with Crippen molar-refractivity contribution in [1.82, 2.24) is 9.80 Å². The molecule has 1 amide bonds. The van der Waals surface area contributed by atoms with E-state index in [1.54, 1.807) is 12.1 Å². The summed E-state index contributed by atoms with van der Waals surface area (Å²) in [7, 11) is 0. The molecule has 142 valence electrons. The van der Waals surface area contributed by atoms with Crippen LogP contribution in [0.1, 0.15) is 5.56 Å². The van der Waals surface area contributed by atoms with Crippen molar-refractivity contribution in [3.8, 4) is 0 Å². The highest BCUT2D eigenvalue weighted by Gasteiger charge is 2.20. The van der Waals surface area contributed by atoms with Crippen LogP contribution >= 0.6 is 12.2 Å². The van der Waals surface area contributed by atoms with Gasteiger partial charge in [0.1, 0.15) is 5.82 Å². The smallest absolute Gasteiger partial charge is 0.238 e. The average Bonchev–Trinajstić information content (AvgIpc) is 2.64. The molecule has 1 aliphatic heterocycles. The second kappa shape index (κ2) is 8.92. The monoisotopic (exact) mass is 386 g/mol. The van der Waals surface area contributed by atoms with Crippen LogP contribution in [0.3, 0.4) is 0 Å². The Morgan fingerprint density at radius 3 is 2.41 bits per heavy atom. The van der Waals surface area contributed by atoms with E-state index >= 15 is 0 Å². The lowest BCUT2D eigenvalue weighted by molar-refractivity contribution is -0.117. The number of amides is 1. The molecule has 2 aromatic rings. The summed E-state index contributed by atoms with van der Waals surface area (Å²) in [6.45, 7) is 5.40. The van der Waals surface area contributed by atoms with E-state index in [0.29, 0.717) is 17.3 Å². The third kappa shape index (κ3) is 5.74. The first kappa shape index (κ1) is 19.3. The molecule has 0 atom stereocenters. The molecule has 0 aliphatic carbocycles. The minimum absolute atomic E-state index is 0.101. The molecule has 7 heteroatoms. The molecule has 0 spiro atoms. The Morgan fingerprint density at radius 2 is 1.74 bits per heavy atom. The van der Waals surface area contributed by atoms with Gasteiger partial charge in [-0.3, -0.25) is 9.69 Å². The predicted octanol–water partition coefficient (Wildman–Crippen LogP) is 3.09. The highest BCUT2D eigenvalue weighted by molar-refractivity contribution is 7.80. The van der Waals surface area contributed by atoms with Crippen LogP contribution in [0, 0.1) is 12.7 Å². The second-order valence-electron chi connectivity index (χ2n) is 6.62. The van der Waals surface area contributed by atoms with Crippen LogP contribution < -0.4 is 10.6 Å². The summed E-state index contributed by atoms with van der Waals surface area (Å²) in [6.07, 6.45) is 0. The number of carbonyl (C=O) groups excluding carboxylic acids is 1. The minimum atomic E-state index is -0.320. The molecule has 0 radical (unpaired) electrons. The van der Waals surface area contributed by atoms with Crippen LogP contribution in [0.15, 0.2) is 48.5 Å². The van der Waals surface area contributed by atoms with Crippen LogP contribution in [0.5, 0.6) is 0 Å². The molecule has 1 heterocycles. The molecule has 27 heavy (non-hydrogen) atoms. The van der Waals surface area contributed by atoms with E-state index in [1.165, 1.54) is 17.7 Å². The molecule has 0 saturated carbocycles. The molecule has 3 rings (SSSR count). The molecule has 1 saturated heterocycles. The van der Waals surface area contributed by atoms with E-state index in [0.717, 1.165) is 31.9 Å². The minimum Gasteiger partial charge on any atom is -0.346 e. The average molecular weight is 386 g/mol. The molecule has 0 bridgehead atoms. The van der Waals surface area contributed by atoms with Crippen LogP contribution in [0.2, 0.25) is 0 Å². The number of rotatable bonds is 4. The molecule has 1 aliphatic rings. The van der Waals surface area contributed by atoms with E-state index < -0.39 is 0 Å². The number of carbonyl (C=O) groups is 1. The quantitative estimate of drug-likeness (QED) is 0.791. The summed E-state index contributed by atoms with van der Waals surface area (Å²) in [5.74, 6) is -0.421. The van der Waals surface area contributed by atoms with Gasteiger partial charge in [-0.2, -0.15) is 0 Å². The van der Waals surface area contributed by atoms with Gasteiger partial charge in [-0.15, -0.1) is 0 Å². The second-order valence-corrected chi connectivity index (χ2v) is 7.00. The van der Waals surface area contributed by atoms with Crippen LogP contribution in [-0.4, -0.2) is 53.5 Å².